The van der Waals surface area contributed by atoms with Crippen LogP contribution in [-0.4, -0.2) is 37.4 Å². The van der Waals surface area contributed by atoms with Crippen molar-refractivity contribution in [2.45, 2.75) is 33.1 Å². The molecule has 0 saturated carbocycles. The number of carbonyl (C=O) groups is 1. The smallest absolute Gasteiger partial charge is 0.150 e. The van der Waals surface area contributed by atoms with Crippen molar-refractivity contribution in [3.63, 3.8) is 0 Å². The normalized spacial score (nSPS) is 13.8. The van der Waals surface area contributed by atoms with Crippen LogP contribution in [0.25, 0.3) is 0 Å². The molecule has 0 aliphatic carbocycles. The first-order chi connectivity index (χ1) is 6.93. The van der Waals surface area contributed by atoms with Gasteiger partial charge in [0, 0.05) is 18.3 Å². The second kappa shape index (κ2) is 6.95. The number of hydrogen-bond donors (Lipinski definition) is 1. The third-order valence-electron chi connectivity index (χ3n) is 2.34. The Hall–Kier alpha value is -0.420. The number of Topliss-reactive ketones (excluding diaryl/α,β-unsaturated/α-hetero) is 1. The van der Waals surface area contributed by atoms with Gasteiger partial charge in [0.2, 0.25) is 0 Å². The summed E-state index contributed by atoms with van der Waals surface area (Å²) in [6, 6.07) is 0. The van der Waals surface area contributed by atoms with Gasteiger partial charge in [0.1, 0.15) is 15.6 Å². The molecule has 0 aromatic carbocycles. The average Bonchev–Trinajstić information content (AvgIpc) is 2.11. The first-order valence-corrected chi connectivity index (χ1v) is 7.06. The Morgan fingerprint density at radius 2 is 1.87 bits per heavy atom. The number of hydrogen-bond acceptors (Lipinski definition) is 4. The predicted octanol–water partition coefficient (Wildman–Crippen LogP) is 0.789. The highest BCUT2D eigenvalue weighted by Gasteiger charge is 2.17. The molecule has 90 valence electrons. The number of carbonyl (C=O) groups excluding carboxylic acids is 1. The molecule has 0 saturated heterocycles. The monoisotopic (exact) mass is 236 g/mol. The van der Waals surface area contributed by atoms with Crippen molar-refractivity contribution in [1.29, 1.82) is 0 Å². The Labute approximate surface area is 91.6 Å². The molecule has 0 aliphatic rings. The molecule has 0 radical (unpaired) electrons. The minimum absolute atomic E-state index is 0.0456. The predicted molar refractivity (Wildman–Crippen MR) is 59.4 cm³/mol. The van der Waals surface area contributed by atoms with Crippen LogP contribution in [0.2, 0.25) is 0 Å². The quantitative estimate of drug-likeness (QED) is 0.676. The fourth-order valence-corrected chi connectivity index (χ4v) is 2.91. The Kier molecular flexibility index (Phi) is 6.76. The van der Waals surface area contributed by atoms with Crippen molar-refractivity contribution in [1.82, 2.24) is 0 Å². The lowest BCUT2D eigenvalue weighted by atomic mass is 9.99. The first kappa shape index (κ1) is 14.6. The summed E-state index contributed by atoms with van der Waals surface area (Å²) in [5, 5.41) is 8.72. The van der Waals surface area contributed by atoms with Gasteiger partial charge in [-0.05, 0) is 26.2 Å². The Balaban J connectivity index is 4.15. The van der Waals surface area contributed by atoms with E-state index in [1.807, 2.05) is 6.92 Å². The summed E-state index contributed by atoms with van der Waals surface area (Å²) in [6.07, 6.45) is 1.29. The van der Waals surface area contributed by atoms with Gasteiger partial charge in [-0.3, -0.25) is 4.79 Å². The van der Waals surface area contributed by atoms with Crippen molar-refractivity contribution in [3.8, 4) is 0 Å². The van der Waals surface area contributed by atoms with Gasteiger partial charge in [-0.15, -0.1) is 0 Å². The Morgan fingerprint density at radius 1 is 1.27 bits per heavy atom. The van der Waals surface area contributed by atoms with Gasteiger partial charge in [0.25, 0.3) is 0 Å². The van der Waals surface area contributed by atoms with E-state index in [9.17, 15) is 13.2 Å². The van der Waals surface area contributed by atoms with E-state index in [2.05, 4.69) is 0 Å². The van der Waals surface area contributed by atoms with Gasteiger partial charge >= 0.3 is 0 Å². The SMILES string of the molecule is CCCS(=O)(=O)CCC(CCO)C(C)=O. The van der Waals surface area contributed by atoms with Crippen LogP contribution >= 0.6 is 0 Å². The van der Waals surface area contributed by atoms with Crippen LogP contribution in [-0.2, 0) is 14.6 Å². The molecule has 0 heterocycles. The van der Waals surface area contributed by atoms with Crippen molar-refractivity contribution in [2.75, 3.05) is 18.1 Å². The molecular weight excluding hydrogens is 216 g/mol. The standard InChI is InChI=1S/C10H20O4S/c1-3-7-15(13,14)8-5-10(4-6-11)9(2)12/h10-11H,3-8H2,1-2H3. The molecule has 0 aliphatic heterocycles. The van der Waals surface area contributed by atoms with Crippen LogP contribution < -0.4 is 0 Å². The van der Waals surface area contributed by atoms with Crippen LogP contribution in [0.5, 0.6) is 0 Å². The average molecular weight is 236 g/mol. The summed E-state index contributed by atoms with van der Waals surface area (Å²) < 4.78 is 22.8. The molecule has 1 atom stereocenters. The van der Waals surface area contributed by atoms with Crippen molar-refractivity contribution in [3.05, 3.63) is 0 Å². The maximum Gasteiger partial charge on any atom is 0.150 e. The molecule has 1 N–H and O–H groups in total. The van der Waals surface area contributed by atoms with Crippen LogP contribution in [0.4, 0.5) is 0 Å². The molecule has 0 spiro atoms. The molecule has 0 aromatic rings. The number of aliphatic hydroxyl groups excluding tert-OH is 1. The van der Waals surface area contributed by atoms with E-state index in [0.717, 1.165) is 0 Å². The van der Waals surface area contributed by atoms with E-state index in [0.29, 0.717) is 19.3 Å². The number of sulfone groups is 1. The number of ketones is 1. The van der Waals surface area contributed by atoms with E-state index in [-0.39, 0.29) is 29.8 Å². The minimum Gasteiger partial charge on any atom is -0.396 e. The Morgan fingerprint density at radius 3 is 2.27 bits per heavy atom. The van der Waals surface area contributed by atoms with Crippen molar-refractivity contribution in [2.24, 2.45) is 5.92 Å². The van der Waals surface area contributed by atoms with E-state index in [4.69, 9.17) is 5.11 Å². The van der Waals surface area contributed by atoms with E-state index in [1.54, 1.807) is 0 Å². The van der Waals surface area contributed by atoms with Crippen LogP contribution in [0, 0.1) is 5.92 Å². The third kappa shape index (κ3) is 6.62. The zero-order valence-corrected chi connectivity index (χ0v) is 10.2. The van der Waals surface area contributed by atoms with Gasteiger partial charge in [-0.2, -0.15) is 0 Å². The molecule has 1 unspecified atom stereocenters. The molecule has 0 rings (SSSR count). The molecule has 0 amide bonds. The van der Waals surface area contributed by atoms with Crippen LogP contribution in [0.3, 0.4) is 0 Å². The lowest BCUT2D eigenvalue weighted by Crippen LogP contribution is -2.19. The molecule has 15 heavy (non-hydrogen) atoms. The maximum absolute atomic E-state index is 11.4. The summed E-state index contributed by atoms with van der Waals surface area (Å²) in [5.41, 5.74) is 0. The lowest BCUT2D eigenvalue weighted by Gasteiger charge is -2.11. The second-order valence-corrected chi connectivity index (χ2v) is 6.06. The first-order valence-electron chi connectivity index (χ1n) is 5.24. The van der Waals surface area contributed by atoms with E-state index in [1.165, 1.54) is 6.92 Å². The Bertz CT molecular complexity index is 282. The highest BCUT2D eigenvalue weighted by Crippen LogP contribution is 2.11. The molecule has 0 aromatic heterocycles. The van der Waals surface area contributed by atoms with Crippen molar-refractivity contribution >= 4 is 15.6 Å². The molecule has 0 fully saturated rings. The zero-order chi connectivity index (χ0) is 11.9. The highest BCUT2D eigenvalue weighted by atomic mass is 32.2. The lowest BCUT2D eigenvalue weighted by molar-refractivity contribution is -0.121. The largest absolute Gasteiger partial charge is 0.396 e. The summed E-state index contributed by atoms with van der Waals surface area (Å²) in [5.74, 6) is -0.139. The second-order valence-electron chi connectivity index (χ2n) is 3.76. The number of rotatable bonds is 8. The summed E-state index contributed by atoms with van der Waals surface area (Å²) in [7, 11) is -3.01. The fraction of sp³-hybridized carbons (Fsp3) is 0.900. The molecule has 0 bridgehead atoms. The molecule has 4 nitrogen and oxygen atoms in total. The van der Waals surface area contributed by atoms with Crippen LogP contribution in [0.1, 0.15) is 33.1 Å². The van der Waals surface area contributed by atoms with E-state index >= 15 is 0 Å². The minimum atomic E-state index is -3.01. The maximum atomic E-state index is 11.4. The third-order valence-corrected chi connectivity index (χ3v) is 4.23. The van der Waals surface area contributed by atoms with Gasteiger partial charge in [0.15, 0.2) is 0 Å². The van der Waals surface area contributed by atoms with Crippen LogP contribution in [0.15, 0.2) is 0 Å². The summed E-state index contributed by atoms with van der Waals surface area (Å²) in [6.45, 7) is 3.18. The summed E-state index contributed by atoms with van der Waals surface area (Å²) in [4.78, 5) is 11.1. The highest BCUT2D eigenvalue weighted by molar-refractivity contribution is 7.91. The number of aliphatic hydroxyl groups is 1. The van der Waals surface area contributed by atoms with Gasteiger partial charge < -0.3 is 5.11 Å². The molecule has 5 heteroatoms. The zero-order valence-electron chi connectivity index (χ0n) is 9.40. The molecular formula is C10H20O4S. The van der Waals surface area contributed by atoms with Crippen molar-refractivity contribution < 1.29 is 18.3 Å². The summed E-state index contributed by atoms with van der Waals surface area (Å²) >= 11 is 0. The topological polar surface area (TPSA) is 71.4 Å². The van der Waals surface area contributed by atoms with E-state index < -0.39 is 9.84 Å². The van der Waals surface area contributed by atoms with Gasteiger partial charge in [-0.25, -0.2) is 8.42 Å². The fourth-order valence-electron chi connectivity index (χ4n) is 1.44. The van der Waals surface area contributed by atoms with Gasteiger partial charge in [-0.1, -0.05) is 6.92 Å². The van der Waals surface area contributed by atoms with Gasteiger partial charge in [0.05, 0.1) is 5.75 Å².